The molecule has 4 nitrogen and oxygen atoms in total. The summed E-state index contributed by atoms with van der Waals surface area (Å²) in [4.78, 5) is 1.12. The molecule has 4 rings (SSSR count). The second kappa shape index (κ2) is 7.43. The molecule has 134 valence electrons. The summed E-state index contributed by atoms with van der Waals surface area (Å²) in [5, 5.41) is 2.04. The number of benzene rings is 3. The van der Waals surface area contributed by atoms with Crippen molar-refractivity contribution in [1.82, 2.24) is 0 Å². The van der Waals surface area contributed by atoms with Crippen molar-refractivity contribution in [3.05, 3.63) is 84.2 Å². The summed E-state index contributed by atoms with van der Waals surface area (Å²) in [5.74, 6) is 2.83. The number of hydrogen-bond acceptors (Lipinski definition) is 5. The quantitative estimate of drug-likeness (QED) is 0.410. The first-order chi connectivity index (χ1) is 13.2. The fraction of sp³-hybridized carbons (Fsp3) is 0. The van der Waals surface area contributed by atoms with Crippen molar-refractivity contribution in [2.75, 3.05) is 11.5 Å². The van der Waals surface area contributed by atoms with Crippen molar-refractivity contribution in [2.24, 2.45) is 0 Å². The van der Waals surface area contributed by atoms with Crippen LogP contribution in [-0.2, 0) is 0 Å². The van der Waals surface area contributed by atoms with Crippen LogP contribution in [0.15, 0.2) is 84.2 Å². The second-order valence-corrected chi connectivity index (χ2v) is 6.93. The highest BCUT2D eigenvalue weighted by Gasteiger charge is 2.11. The number of nitrogen functional groups attached to an aromatic ring is 2. The Morgan fingerprint density at radius 2 is 1.22 bits per heavy atom. The predicted molar refractivity (Wildman–Crippen MR) is 112 cm³/mol. The van der Waals surface area contributed by atoms with E-state index in [2.05, 4.69) is 6.07 Å². The third-order valence-electron chi connectivity index (χ3n) is 3.96. The van der Waals surface area contributed by atoms with Gasteiger partial charge in [0.2, 0.25) is 0 Å². The Morgan fingerprint density at radius 3 is 1.81 bits per heavy atom. The Balaban J connectivity index is 1.68. The molecule has 0 aliphatic rings. The minimum Gasteiger partial charge on any atom is -0.457 e. The van der Waals surface area contributed by atoms with Crippen molar-refractivity contribution < 1.29 is 9.47 Å². The topological polar surface area (TPSA) is 70.5 Å². The first kappa shape index (κ1) is 17.0. The molecule has 4 aromatic rings. The highest BCUT2D eigenvalue weighted by Crippen LogP contribution is 2.39. The number of hydrogen-bond donors (Lipinski definition) is 2. The van der Waals surface area contributed by atoms with Crippen LogP contribution in [0, 0.1) is 0 Å². The van der Waals surface area contributed by atoms with E-state index in [-0.39, 0.29) is 0 Å². The van der Waals surface area contributed by atoms with Gasteiger partial charge in [-0.25, -0.2) is 0 Å². The minimum atomic E-state index is 0.686. The summed E-state index contributed by atoms with van der Waals surface area (Å²) in [7, 11) is 0. The van der Waals surface area contributed by atoms with E-state index in [0.717, 1.165) is 16.2 Å². The van der Waals surface area contributed by atoms with Gasteiger partial charge in [-0.05, 0) is 72.1 Å². The molecule has 0 aliphatic heterocycles. The Morgan fingerprint density at radius 1 is 0.630 bits per heavy atom. The summed E-state index contributed by atoms with van der Waals surface area (Å²) >= 11 is 1.66. The van der Waals surface area contributed by atoms with Crippen LogP contribution in [0.4, 0.5) is 11.4 Å². The summed E-state index contributed by atoms with van der Waals surface area (Å²) < 4.78 is 12.1. The van der Waals surface area contributed by atoms with Crippen LogP contribution in [0.1, 0.15) is 0 Å². The van der Waals surface area contributed by atoms with Crippen LogP contribution in [0.5, 0.6) is 23.0 Å². The Bertz CT molecular complexity index is 1030. The maximum Gasteiger partial charge on any atom is 0.139 e. The van der Waals surface area contributed by atoms with Crippen LogP contribution in [0.3, 0.4) is 0 Å². The van der Waals surface area contributed by atoms with Gasteiger partial charge in [-0.3, -0.25) is 0 Å². The number of anilines is 2. The van der Waals surface area contributed by atoms with E-state index in [9.17, 15) is 0 Å². The van der Waals surface area contributed by atoms with Gasteiger partial charge in [0, 0.05) is 27.9 Å². The fourth-order valence-electron chi connectivity index (χ4n) is 2.62. The molecule has 0 fully saturated rings. The first-order valence-electron chi connectivity index (χ1n) is 8.42. The zero-order chi connectivity index (χ0) is 18.6. The monoisotopic (exact) mass is 374 g/mol. The molecule has 5 heteroatoms. The lowest BCUT2D eigenvalue weighted by atomic mass is 10.1. The van der Waals surface area contributed by atoms with E-state index in [1.807, 2.05) is 66.0 Å². The van der Waals surface area contributed by atoms with Gasteiger partial charge < -0.3 is 20.9 Å². The van der Waals surface area contributed by atoms with E-state index in [1.54, 1.807) is 23.5 Å². The SMILES string of the molecule is Nc1ccc(Oc2ccc(-c3cccs3)c(Oc3ccc(N)cc3)c2)cc1. The van der Waals surface area contributed by atoms with Crippen LogP contribution < -0.4 is 20.9 Å². The normalized spacial score (nSPS) is 10.5. The molecule has 1 aromatic heterocycles. The highest BCUT2D eigenvalue weighted by molar-refractivity contribution is 7.13. The van der Waals surface area contributed by atoms with Gasteiger partial charge in [-0.15, -0.1) is 11.3 Å². The molecule has 3 aromatic carbocycles. The van der Waals surface area contributed by atoms with E-state index < -0.39 is 0 Å². The van der Waals surface area contributed by atoms with Gasteiger partial charge in [0.1, 0.15) is 23.0 Å². The molecule has 1 heterocycles. The van der Waals surface area contributed by atoms with Crippen LogP contribution in [0.2, 0.25) is 0 Å². The van der Waals surface area contributed by atoms with Crippen LogP contribution in [-0.4, -0.2) is 0 Å². The van der Waals surface area contributed by atoms with Gasteiger partial charge in [0.25, 0.3) is 0 Å². The molecule has 0 aliphatic carbocycles. The van der Waals surface area contributed by atoms with E-state index in [1.165, 1.54) is 0 Å². The third kappa shape index (κ3) is 4.04. The summed E-state index contributed by atoms with van der Waals surface area (Å²) in [5.41, 5.74) is 13.9. The molecule has 0 unspecified atom stereocenters. The number of nitrogens with two attached hydrogens (primary N) is 2. The summed E-state index contributed by atoms with van der Waals surface area (Å²) in [6.07, 6.45) is 0. The number of rotatable bonds is 5. The molecular weight excluding hydrogens is 356 g/mol. The molecular formula is C22H18N2O2S. The van der Waals surface area contributed by atoms with E-state index in [4.69, 9.17) is 20.9 Å². The standard InChI is InChI=1S/C22H18N2O2S/c23-15-3-7-17(8-4-15)25-19-11-12-20(22-2-1-13-27-22)21(14-19)26-18-9-5-16(24)6-10-18/h1-14H,23-24H2. The molecule has 0 amide bonds. The molecule has 4 N–H and O–H groups in total. The molecule has 0 saturated heterocycles. The molecule has 0 atom stereocenters. The van der Waals surface area contributed by atoms with Crippen molar-refractivity contribution in [1.29, 1.82) is 0 Å². The average Bonchev–Trinajstić information content (AvgIpc) is 3.20. The summed E-state index contributed by atoms with van der Waals surface area (Å²) in [6.45, 7) is 0. The minimum absolute atomic E-state index is 0.686. The first-order valence-corrected chi connectivity index (χ1v) is 9.30. The zero-order valence-corrected chi connectivity index (χ0v) is 15.3. The van der Waals surface area contributed by atoms with Gasteiger partial charge >= 0.3 is 0 Å². The second-order valence-electron chi connectivity index (χ2n) is 5.98. The Hall–Kier alpha value is -3.44. The molecule has 0 spiro atoms. The third-order valence-corrected chi connectivity index (χ3v) is 4.87. The molecule has 0 saturated carbocycles. The molecule has 0 bridgehead atoms. The van der Waals surface area contributed by atoms with Crippen molar-refractivity contribution >= 4 is 22.7 Å². The lowest BCUT2D eigenvalue weighted by Gasteiger charge is -2.13. The lowest BCUT2D eigenvalue weighted by molar-refractivity contribution is 0.461. The smallest absolute Gasteiger partial charge is 0.139 e. The molecule has 0 radical (unpaired) electrons. The maximum absolute atomic E-state index is 6.14. The van der Waals surface area contributed by atoms with Crippen LogP contribution in [0.25, 0.3) is 10.4 Å². The Kier molecular flexibility index (Phi) is 4.68. The average molecular weight is 374 g/mol. The zero-order valence-electron chi connectivity index (χ0n) is 14.5. The van der Waals surface area contributed by atoms with Crippen molar-refractivity contribution in [3.8, 4) is 33.4 Å². The largest absolute Gasteiger partial charge is 0.457 e. The number of thiophene rings is 1. The van der Waals surface area contributed by atoms with E-state index in [0.29, 0.717) is 28.6 Å². The fourth-order valence-corrected chi connectivity index (χ4v) is 3.38. The van der Waals surface area contributed by atoms with E-state index >= 15 is 0 Å². The lowest BCUT2D eigenvalue weighted by Crippen LogP contribution is -1.91. The van der Waals surface area contributed by atoms with Crippen molar-refractivity contribution in [3.63, 3.8) is 0 Å². The van der Waals surface area contributed by atoms with Crippen LogP contribution >= 0.6 is 11.3 Å². The predicted octanol–water partition coefficient (Wildman–Crippen LogP) is 6.16. The highest BCUT2D eigenvalue weighted by atomic mass is 32.1. The van der Waals surface area contributed by atoms with Gasteiger partial charge in [-0.1, -0.05) is 6.07 Å². The maximum atomic E-state index is 6.14. The number of ether oxygens (including phenoxy) is 2. The summed E-state index contributed by atoms with van der Waals surface area (Å²) in [6, 6.07) is 24.5. The van der Waals surface area contributed by atoms with Crippen molar-refractivity contribution in [2.45, 2.75) is 0 Å². The van der Waals surface area contributed by atoms with Gasteiger partial charge in [0.15, 0.2) is 0 Å². The Labute approximate surface area is 161 Å². The van der Waals surface area contributed by atoms with Gasteiger partial charge in [0.05, 0.1) is 0 Å². The van der Waals surface area contributed by atoms with Gasteiger partial charge in [-0.2, -0.15) is 0 Å². The molecule has 27 heavy (non-hydrogen) atoms.